The number of carboxylic acid groups (broad SMARTS) is 1. The lowest BCUT2D eigenvalue weighted by Crippen LogP contribution is -2.43. The molecule has 10 heteroatoms. The zero-order valence-corrected chi connectivity index (χ0v) is 15.1. The summed E-state index contributed by atoms with van der Waals surface area (Å²) in [6.45, 7) is 0. The van der Waals surface area contributed by atoms with Gasteiger partial charge in [0, 0.05) is 42.7 Å². The Morgan fingerprint density at radius 3 is 2.46 bits per heavy atom. The maximum atomic E-state index is 12.4. The van der Waals surface area contributed by atoms with Crippen LogP contribution in [0.2, 0.25) is 0 Å². The molecule has 7 nitrogen and oxygen atoms in total. The summed E-state index contributed by atoms with van der Waals surface area (Å²) < 4.78 is 37.5. The maximum Gasteiger partial charge on any atom is 0.490 e. The maximum absolute atomic E-state index is 12.4. The number of carbonyl (C=O) groups excluding carboxylic acids is 1. The second-order valence-electron chi connectivity index (χ2n) is 6.95. The first-order valence-corrected chi connectivity index (χ1v) is 8.82. The number of aliphatic carboxylic acids is 1. The molecule has 2 aliphatic rings. The number of alkyl halides is 3. The number of H-pyrrole nitrogens is 1. The zero-order valence-electron chi connectivity index (χ0n) is 15.1. The molecule has 0 aliphatic carbocycles. The normalized spacial score (nSPS) is 24.5. The van der Waals surface area contributed by atoms with Crippen LogP contribution in [0.1, 0.15) is 36.0 Å². The van der Waals surface area contributed by atoms with Crippen LogP contribution in [-0.4, -0.2) is 63.3 Å². The molecule has 0 aromatic carbocycles. The van der Waals surface area contributed by atoms with Crippen molar-refractivity contribution in [2.75, 3.05) is 7.05 Å². The first kappa shape index (κ1) is 20.1. The number of piperidine rings is 1. The Hall–Kier alpha value is -2.62. The van der Waals surface area contributed by atoms with Crippen LogP contribution in [0, 0.1) is 0 Å². The van der Waals surface area contributed by atoms with E-state index in [-0.39, 0.29) is 12.1 Å². The predicted octanol–water partition coefficient (Wildman–Crippen LogP) is 2.98. The number of halogens is 3. The van der Waals surface area contributed by atoms with Gasteiger partial charge in [-0.1, -0.05) is 0 Å². The summed E-state index contributed by atoms with van der Waals surface area (Å²) in [5, 5.41) is 7.96. The Morgan fingerprint density at radius 1 is 1.29 bits per heavy atom. The van der Waals surface area contributed by atoms with E-state index in [0.29, 0.717) is 17.6 Å². The highest BCUT2D eigenvalue weighted by molar-refractivity contribution is 6.03. The van der Waals surface area contributed by atoms with Crippen LogP contribution in [0.3, 0.4) is 0 Å². The molecule has 2 aromatic rings. The number of hydrogen-bond donors (Lipinski definition) is 2. The molecule has 0 radical (unpaired) electrons. The van der Waals surface area contributed by atoms with Crippen molar-refractivity contribution in [3.8, 4) is 0 Å². The van der Waals surface area contributed by atoms with Gasteiger partial charge >= 0.3 is 18.1 Å². The Labute approximate surface area is 158 Å². The molecule has 152 valence electrons. The van der Waals surface area contributed by atoms with Crippen LogP contribution in [-0.2, 0) is 9.53 Å². The third-order valence-corrected chi connectivity index (χ3v) is 5.24. The van der Waals surface area contributed by atoms with Gasteiger partial charge in [0.15, 0.2) is 0 Å². The summed E-state index contributed by atoms with van der Waals surface area (Å²) in [4.78, 5) is 31.0. The van der Waals surface area contributed by atoms with E-state index in [2.05, 4.69) is 21.9 Å². The summed E-state index contributed by atoms with van der Waals surface area (Å²) in [5.74, 6) is -2.99. The topological polar surface area (TPSA) is 95.5 Å². The number of ether oxygens (including phenoxy) is 1. The molecule has 3 atom stereocenters. The van der Waals surface area contributed by atoms with E-state index >= 15 is 0 Å². The third-order valence-electron chi connectivity index (χ3n) is 5.24. The standard InChI is InChI=1S/C16H19N3O2.C2HF3O2/c1-19-10-4-5-11(19)8-12(7-10)21-16(20)14-9-18-15-13(14)3-2-6-17-15;3-2(4,5)1(6)7/h2-3,6,9-12H,4-5,7-8H2,1H3,(H,17,18);(H,6,7)/t10-,11+,12+;. The molecule has 2 bridgehead atoms. The van der Waals surface area contributed by atoms with Gasteiger partial charge in [0.1, 0.15) is 11.8 Å². The van der Waals surface area contributed by atoms with Crippen LogP contribution in [0.5, 0.6) is 0 Å². The van der Waals surface area contributed by atoms with Crippen molar-refractivity contribution in [2.24, 2.45) is 0 Å². The number of rotatable bonds is 2. The van der Waals surface area contributed by atoms with E-state index in [1.165, 1.54) is 12.8 Å². The van der Waals surface area contributed by atoms with Crippen LogP contribution >= 0.6 is 0 Å². The number of pyridine rings is 1. The lowest BCUT2D eigenvalue weighted by Gasteiger charge is -2.35. The van der Waals surface area contributed by atoms with Gasteiger partial charge in [0.05, 0.1) is 5.56 Å². The Balaban J connectivity index is 0.000000279. The predicted molar refractivity (Wildman–Crippen MR) is 92.8 cm³/mol. The lowest BCUT2D eigenvalue weighted by molar-refractivity contribution is -0.192. The minimum absolute atomic E-state index is 0.0489. The van der Waals surface area contributed by atoms with Gasteiger partial charge in [0.2, 0.25) is 0 Å². The Bertz CT molecular complexity index is 853. The van der Waals surface area contributed by atoms with Crippen molar-refractivity contribution in [1.29, 1.82) is 0 Å². The van der Waals surface area contributed by atoms with Gasteiger partial charge in [-0.15, -0.1) is 0 Å². The minimum atomic E-state index is -5.08. The van der Waals surface area contributed by atoms with Crippen molar-refractivity contribution >= 4 is 23.0 Å². The number of hydrogen-bond acceptors (Lipinski definition) is 5. The highest BCUT2D eigenvalue weighted by Crippen LogP contribution is 2.35. The molecular weight excluding hydrogens is 379 g/mol. The summed E-state index contributed by atoms with van der Waals surface area (Å²) in [6, 6.07) is 4.88. The lowest BCUT2D eigenvalue weighted by atomic mass is 10.0. The molecule has 4 rings (SSSR count). The molecule has 0 amide bonds. The monoisotopic (exact) mass is 399 g/mol. The van der Waals surface area contributed by atoms with E-state index in [1.807, 2.05) is 12.1 Å². The fourth-order valence-electron chi connectivity index (χ4n) is 3.80. The molecule has 2 N–H and O–H groups in total. The fraction of sp³-hybridized carbons (Fsp3) is 0.500. The van der Waals surface area contributed by atoms with E-state index in [4.69, 9.17) is 14.6 Å². The fourth-order valence-corrected chi connectivity index (χ4v) is 3.80. The number of aromatic nitrogens is 2. The van der Waals surface area contributed by atoms with Crippen LogP contribution < -0.4 is 0 Å². The van der Waals surface area contributed by atoms with E-state index < -0.39 is 12.1 Å². The molecule has 2 fully saturated rings. The summed E-state index contributed by atoms with van der Waals surface area (Å²) in [6.07, 6.45) is 2.75. The molecule has 0 saturated carbocycles. The molecule has 4 heterocycles. The Morgan fingerprint density at radius 2 is 1.89 bits per heavy atom. The molecule has 0 unspecified atom stereocenters. The quantitative estimate of drug-likeness (QED) is 0.754. The van der Waals surface area contributed by atoms with Gasteiger partial charge in [-0.05, 0) is 32.0 Å². The second-order valence-corrected chi connectivity index (χ2v) is 6.95. The zero-order chi connectivity index (χ0) is 20.5. The Kier molecular flexibility index (Phi) is 5.59. The summed E-state index contributed by atoms with van der Waals surface area (Å²) >= 11 is 0. The van der Waals surface area contributed by atoms with Crippen LogP contribution in [0.4, 0.5) is 13.2 Å². The number of nitrogens with zero attached hydrogens (tertiary/aromatic N) is 2. The summed E-state index contributed by atoms with van der Waals surface area (Å²) in [7, 11) is 2.19. The number of fused-ring (bicyclic) bond motifs is 3. The molecular formula is C18H20F3N3O4. The van der Waals surface area contributed by atoms with Gasteiger partial charge in [-0.25, -0.2) is 14.6 Å². The number of esters is 1. The minimum Gasteiger partial charge on any atom is -0.475 e. The first-order chi connectivity index (χ1) is 13.2. The van der Waals surface area contributed by atoms with Gasteiger partial charge in [0.25, 0.3) is 0 Å². The molecule has 28 heavy (non-hydrogen) atoms. The molecule has 2 aromatic heterocycles. The number of carbonyl (C=O) groups is 2. The number of carboxylic acids is 1. The average Bonchev–Trinajstić information content (AvgIpc) is 3.12. The van der Waals surface area contributed by atoms with Crippen molar-refractivity contribution in [3.05, 3.63) is 30.1 Å². The average molecular weight is 399 g/mol. The largest absolute Gasteiger partial charge is 0.490 e. The number of nitrogens with one attached hydrogen (secondary N) is 1. The molecule has 0 spiro atoms. The van der Waals surface area contributed by atoms with Crippen molar-refractivity contribution < 1.29 is 32.6 Å². The third kappa shape index (κ3) is 4.27. The second kappa shape index (κ2) is 7.78. The molecule has 2 saturated heterocycles. The van der Waals surface area contributed by atoms with E-state index in [1.54, 1.807) is 12.4 Å². The number of aromatic amines is 1. The molecule has 2 aliphatic heterocycles. The van der Waals surface area contributed by atoms with Crippen molar-refractivity contribution in [1.82, 2.24) is 14.9 Å². The van der Waals surface area contributed by atoms with Crippen molar-refractivity contribution in [3.63, 3.8) is 0 Å². The summed E-state index contributed by atoms with van der Waals surface area (Å²) in [5.41, 5.74) is 1.32. The van der Waals surface area contributed by atoms with Gasteiger partial charge in [-0.3, -0.25) is 0 Å². The van der Waals surface area contributed by atoms with E-state index in [0.717, 1.165) is 23.9 Å². The van der Waals surface area contributed by atoms with Crippen LogP contribution in [0.15, 0.2) is 24.5 Å². The smallest absolute Gasteiger partial charge is 0.475 e. The van der Waals surface area contributed by atoms with Crippen LogP contribution in [0.25, 0.3) is 11.0 Å². The highest BCUT2D eigenvalue weighted by atomic mass is 19.4. The highest BCUT2D eigenvalue weighted by Gasteiger charge is 2.40. The SMILES string of the molecule is CN1[C@@H]2CC[C@H]1C[C@@H](OC(=O)c1c[nH]c3ncccc13)C2.O=C(O)C(F)(F)F. The first-order valence-electron chi connectivity index (χ1n) is 8.82. The van der Waals surface area contributed by atoms with Crippen molar-refractivity contribution in [2.45, 2.75) is 50.0 Å². The van der Waals surface area contributed by atoms with Gasteiger partial charge in [-0.2, -0.15) is 13.2 Å². The van der Waals surface area contributed by atoms with E-state index in [9.17, 15) is 18.0 Å². The van der Waals surface area contributed by atoms with Gasteiger partial charge < -0.3 is 19.7 Å².